The molecule has 0 amide bonds. The predicted octanol–water partition coefficient (Wildman–Crippen LogP) is 3.77. The second kappa shape index (κ2) is 8.41. The minimum Gasteiger partial charge on any atom is -0.465 e. The fourth-order valence-electron chi connectivity index (χ4n) is 1.82. The van der Waals surface area contributed by atoms with Crippen molar-refractivity contribution in [2.45, 2.75) is 26.8 Å². The molecule has 0 spiro atoms. The number of ether oxygens (including phenoxy) is 1. The van der Waals surface area contributed by atoms with E-state index in [4.69, 9.17) is 27.9 Å². The quantitative estimate of drug-likeness (QED) is 0.718. The molecule has 3 nitrogen and oxygen atoms in total. The summed E-state index contributed by atoms with van der Waals surface area (Å²) >= 11 is 12.1. The van der Waals surface area contributed by atoms with E-state index in [1.165, 1.54) is 0 Å². The minimum absolute atomic E-state index is 0.214. The van der Waals surface area contributed by atoms with Gasteiger partial charge in [0.25, 0.3) is 0 Å². The Morgan fingerprint density at radius 1 is 1.32 bits per heavy atom. The standard InChI is InChI=1S/C14H19Cl2NO2/c1-3-7-17(10-14(18)19-4-2)9-11-8-12(15)5-6-13(11)16/h5-6,8H,3-4,7,9-10H2,1-2H3. The van der Waals surface area contributed by atoms with Crippen molar-refractivity contribution >= 4 is 29.2 Å². The largest absolute Gasteiger partial charge is 0.465 e. The van der Waals surface area contributed by atoms with E-state index in [-0.39, 0.29) is 12.5 Å². The van der Waals surface area contributed by atoms with Crippen LogP contribution in [0.1, 0.15) is 25.8 Å². The molecule has 0 unspecified atom stereocenters. The molecule has 1 aromatic rings. The smallest absolute Gasteiger partial charge is 0.320 e. The summed E-state index contributed by atoms with van der Waals surface area (Å²) in [5.41, 5.74) is 0.923. The van der Waals surface area contributed by atoms with Crippen LogP contribution in [0.3, 0.4) is 0 Å². The van der Waals surface area contributed by atoms with Gasteiger partial charge in [-0.2, -0.15) is 0 Å². The Bertz CT molecular complexity index is 424. The Hall–Kier alpha value is -0.770. The molecule has 1 aromatic carbocycles. The highest BCUT2D eigenvalue weighted by Gasteiger charge is 2.13. The lowest BCUT2D eigenvalue weighted by atomic mass is 10.2. The Labute approximate surface area is 124 Å². The molecule has 0 aliphatic heterocycles. The molecular formula is C14H19Cl2NO2. The lowest BCUT2D eigenvalue weighted by Gasteiger charge is -2.21. The molecule has 0 aliphatic rings. The summed E-state index contributed by atoms with van der Waals surface area (Å²) in [6.07, 6.45) is 0.956. The summed E-state index contributed by atoms with van der Waals surface area (Å²) in [5, 5.41) is 1.31. The van der Waals surface area contributed by atoms with Crippen LogP contribution in [0.25, 0.3) is 0 Å². The number of nitrogens with zero attached hydrogens (tertiary/aromatic N) is 1. The predicted molar refractivity (Wildman–Crippen MR) is 78.7 cm³/mol. The monoisotopic (exact) mass is 303 g/mol. The summed E-state index contributed by atoms with van der Waals surface area (Å²) < 4.78 is 4.97. The lowest BCUT2D eigenvalue weighted by molar-refractivity contribution is -0.144. The molecule has 0 aromatic heterocycles. The average molecular weight is 304 g/mol. The topological polar surface area (TPSA) is 29.5 Å². The molecule has 0 fully saturated rings. The van der Waals surface area contributed by atoms with Gasteiger partial charge in [0.1, 0.15) is 0 Å². The second-order valence-electron chi connectivity index (χ2n) is 4.25. The average Bonchev–Trinajstić information content (AvgIpc) is 2.34. The van der Waals surface area contributed by atoms with Gasteiger partial charge < -0.3 is 4.74 Å². The van der Waals surface area contributed by atoms with Gasteiger partial charge >= 0.3 is 5.97 Å². The van der Waals surface area contributed by atoms with Crippen molar-refractivity contribution in [3.63, 3.8) is 0 Å². The molecule has 19 heavy (non-hydrogen) atoms. The lowest BCUT2D eigenvalue weighted by Crippen LogP contribution is -2.31. The van der Waals surface area contributed by atoms with Gasteiger partial charge in [0.15, 0.2) is 0 Å². The summed E-state index contributed by atoms with van der Waals surface area (Å²) in [4.78, 5) is 13.6. The Balaban J connectivity index is 2.71. The van der Waals surface area contributed by atoms with E-state index in [9.17, 15) is 4.79 Å². The van der Waals surface area contributed by atoms with E-state index in [2.05, 4.69) is 6.92 Å². The minimum atomic E-state index is -0.214. The van der Waals surface area contributed by atoms with E-state index in [0.29, 0.717) is 23.2 Å². The summed E-state index contributed by atoms with van der Waals surface area (Å²) in [7, 11) is 0. The Kier molecular flexibility index (Phi) is 7.21. The number of halogens is 2. The SMILES string of the molecule is CCCN(CC(=O)OCC)Cc1cc(Cl)ccc1Cl. The maximum absolute atomic E-state index is 11.5. The van der Waals surface area contributed by atoms with Gasteiger partial charge in [-0.15, -0.1) is 0 Å². The van der Waals surface area contributed by atoms with Gasteiger partial charge in [-0.1, -0.05) is 30.1 Å². The molecule has 5 heteroatoms. The zero-order valence-electron chi connectivity index (χ0n) is 11.3. The fraction of sp³-hybridized carbons (Fsp3) is 0.500. The molecule has 0 saturated heterocycles. The van der Waals surface area contributed by atoms with Gasteiger partial charge in [-0.3, -0.25) is 9.69 Å². The van der Waals surface area contributed by atoms with Crippen LogP contribution in [0, 0.1) is 0 Å². The number of benzene rings is 1. The highest BCUT2D eigenvalue weighted by atomic mass is 35.5. The number of carbonyl (C=O) groups is 1. The van der Waals surface area contributed by atoms with Crippen LogP contribution in [0.5, 0.6) is 0 Å². The van der Waals surface area contributed by atoms with Gasteiger partial charge in [-0.05, 0) is 43.7 Å². The van der Waals surface area contributed by atoms with Crippen LogP contribution < -0.4 is 0 Å². The van der Waals surface area contributed by atoms with Crippen molar-refractivity contribution in [3.8, 4) is 0 Å². The van der Waals surface area contributed by atoms with Crippen molar-refractivity contribution in [2.75, 3.05) is 19.7 Å². The number of rotatable bonds is 7. The first-order valence-electron chi connectivity index (χ1n) is 6.38. The maximum atomic E-state index is 11.5. The van der Waals surface area contributed by atoms with Crippen molar-refractivity contribution in [3.05, 3.63) is 33.8 Å². The summed E-state index contributed by atoms with van der Waals surface area (Å²) in [6, 6.07) is 5.36. The third kappa shape index (κ3) is 5.81. The third-order valence-electron chi connectivity index (χ3n) is 2.60. The van der Waals surface area contributed by atoms with Crippen LogP contribution in [0.15, 0.2) is 18.2 Å². The molecule has 106 valence electrons. The van der Waals surface area contributed by atoms with Gasteiger partial charge in [0.2, 0.25) is 0 Å². The molecule has 0 bridgehead atoms. The highest BCUT2D eigenvalue weighted by molar-refractivity contribution is 6.33. The number of hydrogen-bond acceptors (Lipinski definition) is 3. The molecular weight excluding hydrogens is 285 g/mol. The van der Waals surface area contributed by atoms with Crippen LogP contribution in [-0.4, -0.2) is 30.6 Å². The van der Waals surface area contributed by atoms with Crippen molar-refractivity contribution in [2.24, 2.45) is 0 Å². The van der Waals surface area contributed by atoms with Crippen LogP contribution in [-0.2, 0) is 16.1 Å². The maximum Gasteiger partial charge on any atom is 0.320 e. The van der Waals surface area contributed by atoms with Gasteiger partial charge in [-0.25, -0.2) is 0 Å². The van der Waals surface area contributed by atoms with E-state index in [0.717, 1.165) is 18.5 Å². The van der Waals surface area contributed by atoms with Crippen LogP contribution in [0.2, 0.25) is 10.0 Å². The summed E-state index contributed by atoms with van der Waals surface area (Å²) in [5.74, 6) is -0.214. The van der Waals surface area contributed by atoms with Crippen LogP contribution in [0.4, 0.5) is 0 Å². The van der Waals surface area contributed by atoms with Gasteiger partial charge in [0.05, 0.1) is 13.2 Å². The van der Waals surface area contributed by atoms with E-state index in [1.807, 2.05) is 11.0 Å². The fourth-order valence-corrected chi connectivity index (χ4v) is 2.20. The van der Waals surface area contributed by atoms with Crippen molar-refractivity contribution < 1.29 is 9.53 Å². The zero-order valence-corrected chi connectivity index (χ0v) is 12.8. The third-order valence-corrected chi connectivity index (χ3v) is 3.20. The molecule has 1 rings (SSSR count). The molecule has 0 N–H and O–H groups in total. The van der Waals surface area contributed by atoms with E-state index < -0.39 is 0 Å². The molecule has 0 aliphatic carbocycles. The summed E-state index contributed by atoms with van der Waals surface area (Å²) in [6.45, 7) is 5.93. The van der Waals surface area contributed by atoms with Crippen molar-refractivity contribution in [1.82, 2.24) is 4.90 Å². The molecule has 0 saturated carbocycles. The molecule has 0 heterocycles. The van der Waals surface area contributed by atoms with E-state index in [1.54, 1.807) is 19.1 Å². The Morgan fingerprint density at radius 3 is 2.68 bits per heavy atom. The normalized spacial score (nSPS) is 10.8. The van der Waals surface area contributed by atoms with Crippen LogP contribution >= 0.6 is 23.2 Å². The molecule has 0 radical (unpaired) electrons. The second-order valence-corrected chi connectivity index (χ2v) is 5.10. The number of esters is 1. The van der Waals surface area contributed by atoms with E-state index >= 15 is 0 Å². The Morgan fingerprint density at radius 2 is 2.05 bits per heavy atom. The molecule has 0 atom stereocenters. The number of carbonyl (C=O) groups excluding carboxylic acids is 1. The first kappa shape index (κ1) is 16.3. The first-order valence-corrected chi connectivity index (χ1v) is 7.14. The zero-order chi connectivity index (χ0) is 14.3. The highest BCUT2D eigenvalue weighted by Crippen LogP contribution is 2.22. The number of hydrogen-bond donors (Lipinski definition) is 0. The van der Waals surface area contributed by atoms with Gasteiger partial charge in [0, 0.05) is 16.6 Å². The first-order chi connectivity index (χ1) is 9.06. The van der Waals surface area contributed by atoms with Crippen molar-refractivity contribution in [1.29, 1.82) is 0 Å².